The molecule has 0 aromatic carbocycles. The van der Waals surface area contributed by atoms with E-state index in [2.05, 4.69) is 4.90 Å². The molecule has 1 fully saturated rings. The number of aliphatic hydroxyl groups excluding tert-OH is 1. The molecule has 0 bridgehead atoms. The van der Waals surface area contributed by atoms with Gasteiger partial charge in [0.2, 0.25) is 0 Å². The van der Waals surface area contributed by atoms with Crippen LogP contribution in [0.1, 0.15) is 27.2 Å². The molecule has 1 saturated heterocycles. The van der Waals surface area contributed by atoms with Crippen molar-refractivity contribution in [1.82, 2.24) is 4.90 Å². The van der Waals surface area contributed by atoms with Crippen LogP contribution in [-0.2, 0) is 9.84 Å². The Morgan fingerprint density at radius 3 is 2.44 bits per heavy atom. The van der Waals surface area contributed by atoms with Gasteiger partial charge in [-0.05, 0) is 39.7 Å². The van der Waals surface area contributed by atoms with Gasteiger partial charge in [-0.25, -0.2) is 8.42 Å². The van der Waals surface area contributed by atoms with Gasteiger partial charge < -0.3 is 10.0 Å². The fraction of sp³-hybridized carbons (Fsp3) is 1.00. The Labute approximate surface area is 98.6 Å². The Kier molecular flexibility index (Phi) is 4.76. The van der Waals surface area contributed by atoms with Gasteiger partial charge in [0.25, 0.3) is 0 Å². The Morgan fingerprint density at radius 1 is 1.38 bits per heavy atom. The van der Waals surface area contributed by atoms with Gasteiger partial charge in [-0.15, -0.1) is 0 Å². The van der Waals surface area contributed by atoms with Crippen LogP contribution in [-0.4, -0.2) is 55.2 Å². The van der Waals surface area contributed by atoms with Crippen molar-refractivity contribution in [1.29, 1.82) is 0 Å². The molecule has 2 unspecified atom stereocenters. The topological polar surface area (TPSA) is 57.6 Å². The summed E-state index contributed by atoms with van der Waals surface area (Å²) < 4.78 is 23.3. The Bertz CT molecular complexity index is 311. The Hall–Kier alpha value is -0.130. The fourth-order valence-corrected chi connectivity index (χ4v) is 2.94. The first kappa shape index (κ1) is 13.9. The smallest absolute Gasteiger partial charge is 0.153 e. The number of rotatable bonds is 5. The second-order valence-corrected chi connectivity index (χ2v) is 7.68. The minimum Gasteiger partial charge on any atom is -0.393 e. The first-order valence-corrected chi connectivity index (χ1v) is 7.66. The monoisotopic (exact) mass is 249 g/mol. The summed E-state index contributed by atoms with van der Waals surface area (Å²) in [5.74, 6) is 0.541. The molecule has 1 N–H and O–H groups in total. The minimum absolute atomic E-state index is 0.233. The average molecular weight is 249 g/mol. The van der Waals surface area contributed by atoms with E-state index in [0.717, 1.165) is 19.5 Å². The van der Waals surface area contributed by atoms with Crippen molar-refractivity contribution >= 4 is 9.84 Å². The second kappa shape index (κ2) is 5.47. The van der Waals surface area contributed by atoms with Crippen LogP contribution in [0.15, 0.2) is 0 Å². The van der Waals surface area contributed by atoms with E-state index in [4.69, 9.17) is 0 Å². The quantitative estimate of drug-likeness (QED) is 0.771. The van der Waals surface area contributed by atoms with Crippen LogP contribution in [0, 0.1) is 5.92 Å². The van der Waals surface area contributed by atoms with E-state index in [9.17, 15) is 13.5 Å². The van der Waals surface area contributed by atoms with Crippen LogP contribution in [0.2, 0.25) is 0 Å². The first-order chi connectivity index (χ1) is 7.33. The summed E-state index contributed by atoms with van der Waals surface area (Å²) in [6.07, 6.45) is 0.686. The lowest BCUT2D eigenvalue weighted by Gasteiger charge is -2.17. The van der Waals surface area contributed by atoms with Gasteiger partial charge in [0.15, 0.2) is 9.84 Å². The molecule has 1 heterocycles. The lowest BCUT2D eigenvalue weighted by atomic mass is 10.0. The predicted octanol–water partition coefficient (Wildman–Crippen LogP) is 0.512. The van der Waals surface area contributed by atoms with Gasteiger partial charge in [0.1, 0.15) is 0 Å². The van der Waals surface area contributed by atoms with Crippen LogP contribution >= 0.6 is 0 Å². The van der Waals surface area contributed by atoms with Crippen molar-refractivity contribution in [3.63, 3.8) is 0 Å². The number of aliphatic hydroxyl groups is 1. The van der Waals surface area contributed by atoms with Gasteiger partial charge in [0, 0.05) is 13.1 Å². The highest BCUT2D eigenvalue weighted by Gasteiger charge is 2.27. The molecule has 0 aliphatic carbocycles. The minimum atomic E-state index is -2.93. The molecule has 96 valence electrons. The molecular weight excluding hydrogens is 226 g/mol. The number of hydrogen-bond acceptors (Lipinski definition) is 4. The summed E-state index contributed by atoms with van der Waals surface area (Å²) >= 11 is 0. The van der Waals surface area contributed by atoms with Crippen molar-refractivity contribution in [2.75, 3.05) is 25.4 Å². The molecule has 0 aromatic rings. The van der Waals surface area contributed by atoms with Crippen molar-refractivity contribution in [2.45, 2.75) is 38.5 Å². The molecule has 0 amide bonds. The number of nitrogens with zero attached hydrogens (tertiary/aromatic N) is 1. The number of sulfone groups is 1. The summed E-state index contributed by atoms with van der Waals surface area (Å²) in [5, 5.41) is 9.15. The molecule has 1 aliphatic heterocycles. The molecule has 2 atom stereocenters. The van der Waals surface area contributed by atoms with Crippen molar-refractivity contribution in [3.05, 3.63) is 0 Å². The van der Waals surface area contributed by atoms with Gasteiger partial charge in [-0.2, -0.15) is 0 Å². The van der Waals surface area contributed by atoms with Gasteiger partial charge in [-0.3, -0.25) is 0 Å². The van der Waals surface area contributed by atoms with E-state index in [-0.39, 0.29) is 17.1 Å². The van der Waals surface area contributed by atoms with Crippen LogP contribution in [0.5, 0.6) is 0 Å². The molecule has 16 heavy (non-hydrogen) atoms. The van der Waals surface area contributed by atoms with Crippen LogP contribution in [0.4, 0.5) is 0 Å². The van der Waals surface area contributed by atoms with Gasteiger partial charge in [0.05, 0.1) is 17.1 Å². The van der Waals surface area contributed by atoms with Crippen molar-refractivity contribution < 1.29 is 13.5 Å². The molecule has 0 radical (unpaired) electrons. The number of hydrogen-bond donors (Lipinski definition) is 1. The molecule has 0 aromatic heterocycles. The van der Waals surface area contributed by atoms with Crippen molar-refractivity contribution in [3.8, 4) is 0 Å². The van der Waals surface area contributed by atoms with Gasteiger partial charge >= 0.3 is 0 Å². The van der Waals surface area contributed by atoms with Crippen molar-refractivity contribution in [2.24, 2.45) is 5.92 Å². The van der Waals surface area contributed by atoms with Crippen LogP contribution < -0.4 is 0 Å². The zero-order valence-electron chi connectivity index (χ0n) is 10.4. The third-order valence-electron chi connectivity index (χ3n) is 3.40. The summed E-state index contributed by atoms with van der Waals surface area (Å²) in [6, 6.07) is 0. The standard InChI is InChI=1S/C11H23NO3S/c1-9(2)16(14,15)7-6-12-5-4-11(8-12)10(3)13/h9-11,13H,4-8H2,1-3H3. The zero-order valence-corrected chi connectivity index (χ0v) is 11.2. The lowest BCUT2D eigenvalue weighted by molar-refractivity contribution is 0.128. The van der Waals surface area contributed by atoms with E-state index in [1.165, 1.54) is 0 Å². The first-order valence-electron chi connectivity index (χ1n) is 5.95. The predicted molar refractivity (Wildman–Crippen MR) is 65.2 cm³/mol. The molecular formula is C11H23NO3S. The zero-order chi connectivity index (χ0) is 12.3. The maximum Gasteiger partial charge on any atom is 0.153 e. The van der Waals surface area contributed by atoms with Gasteiger partial charge in [-0.1, -0.05) is 0 Å². The Balaban J connectivity index is 2.36. The fourth-order valence-electron chi connectivity index (χ4n) is 1.95. The third-order valence-corrected chi connectivity index (χ3v) is 5.59. The Morgan fingerprint density at radius 2 is 2.00 bits per heavy atom. The van der Waals surface area contributed by atoms with E-state index in [0.29, 0.717) is 12.5 Å². The summed E-state index contributed by atoms with van der Waals surface area (Å²) in [6.45, 7) is 7.58. The number of likely N-dealkylation sites (tertiary alicyclic amines) is 1. The molecule has 0 saturated carbocycles. The largest absolute Gasteiger partial charge is 0.393 e. The lowest BCUT2D eigenvalue weighted by Crippen LogP contribution is -2.31. The normalized spacial score (nSPS) is 25.2. The summed E-state index contributed by atoms with van der Waals surface area (Å²) in [4.78, 5) is 2.14. The second-order valence-electron chi connectivity index (χ2n) is 5.01. The van der Waals surface area contributed by atoms with Crippen LogP contribution in [0.3, 0.4) is 0 Å². The highest BCUT2D eigenvalue weighted by molar-refractivity contribution is 7.92. The summed E-state index contributed by atoms with van der Waals surface area (Å²) in [7, 11) is -2.93. The highest BCUT2D eigenvalue weighted by atomic mass is 32.2. The SMILES string of the molecule is CC(O)C1CCN(CCS(=O)(=O)C(C)C)C1. The molecule has 1 rings (SSSR count). The van der Waals surface area contributed by atoms with E-state index >= 15 is 0 Å². The third kappa shape index (κ3) is 3.71. The van der Waals surface area contributed by atoms with E-state index in [1.807, 2.05) is 0 Å². The van der Waals surface area contributed by atoms with E-state index in [1.54, 1.807) is 20.8 Å². The molecule has 0 spiro atoms. The van der Waals surface area contributed by atoms with Crippen LogP contribution in [0.25, 0.3) is 0 Å². The molecule has 5 heteroatoms. The maximum absolute atomic E-state index is 11.6. The summed E-state index contributed by atoms with van der Waals surface area (Å²) in [5.41, 5.74) is 0. The highest BCUT2D eigenvalue weighted by Crippen LogP contribution is 2.19. The average Bonchev–Trinajstić information content (AvgIpc) is 2.63. The maximum atomic E-state index is 11.6. The van der Waals surface area contributed by atoms with E-state index < -0.39 is 9.84 Å². The molecule has 1 aliphatic rings. The molecule has 4 nitrogen and oxygen atoms in total.